The van der Waals surface area contributed by atoms with E-state index in [1.807, 2.05) is 86.0 Å². The molecule has 0 aliphatic heterocycles. The van der Waals surface area contributed by atoms with Crippen molar-refractivity contribution in [2.75, 3.05) is 5.73 Å². The molecule has 4 N–H and O–H groups in total. The van der Waals surface area contributed by atoms with Crippen molar-refractivity contribution in [3.63, 3.8) is 0 Å². The first kappa shape index (κ1) is 25.2. The van der Waals surface area contributed by atoms with Crippen molar-refractivity contribution in [2.45, 2.75) is 19.9 Å². The number of nitrogens with two attached hydrogens (primary N) is 1. The number of hydrogen-bond donors (Lipinski definition) is 3. The number of nitrogen functional groups attached to an aromatic ring is 1. The van der Waals surface area contributed by atoms with Crippen molar-refractivity contribution in [3.05, 3.63) is 116 Å². The lowest BCUT2D eigenvalue weighted by molar-refractivity contribution is -0.577. The molecule has 6 rings (SSSR count). The van der Waals surface area contributed by atoms with Gasteiger partial charge in [0.1, 0.15) is 12.4 Å². The van der Waals surface area contributed by atoms with Gasteiger partial charge in [-0.15, -0.1) is 15.9 Å². The summed E-state index contributed by atoms with van der Waals surface area (Å²) in [7, 11) is 0. The normalized spacial score (nSPS) is 12.3. The van der Waals surface area contributed by atoms with E-state index in [4.69, 9.17) is 5.73 Å². The zero-order chi connectivity index (χ0) is 27.8. The van der Waals surface area contributed by atoms with Gasteiger partial charge in [-0.2, -0.15) is 0 Å². The van der Waals surface area contributed by atoms with Crippen LogP contribution in [0.4, 0.5) is 5.82 Å². The smallest absolute Gasteiger partial charge is 0.362 e. The lowest BCUT2D eigenvalue weighted by Gasteiger charge is -2.21. The number of nitrogens with zero attached hydrogens (tertiary/aromatic N) is 4. The first-order valence-corrected chi connectivity index (χ1v) is 13.6. The number of aromatic amines is 1. The molecule has 0 saturated carbocycles. The molecule has 1 unspecified atom stereocenters. The predicted molar refractivity (Wildman–Crippen MR) is 157 cm³/mol. The largest absolute Gasteiger partial charge is 0.382 e. The highest BCUT2D eigenvalue weighted by atomic mass is 32.1. The fourth-order valence-corrected chi connectivity index (χ4v) is 5.44. The van der Waals surface area contributed by atoms with E-state index in [2.05, 4.69) is 20.4 Å². The third kappa shape index (κ3) is 4.54. The number of thiazole rings is 1. The van der Waals surface area contributed by atoms with Crippen molar-refractivity contribution in [1.82, 2.24) is 25.0 Å². The van der Waals surface area contributed by atoms with Gasteiger partial charge in [-0.05, 0) is 54.1 Å². The summed E-state index contributed by atoms with van der Waals surface area (Å²) < 4.78 is 3.25. The number of carbonyl (C=O) groups excluding carboxylic acids is 1. The van der Waals surface area contributed by atoms with E-state index in [0.717, 1.165) is 21.7 Å². The van der Waals surface area contributed by atoms with Crippen molar-refractivity contribution < 1.29 is 9.31 Å². The maximum absolute atomic E-state index is 14.2. The Balaban J connectivity index is 1.46. The lowest BCUT2D eigenvalue weighted by Crippen LogP contribution is -2.33. The molecule has 10 heteroatoms. The molecule has 0 aliphatic carbocycles. The predicted octanol–water partition coefficient (Wildman–Crippen LogP) is 4.46. The molecule has 0 radical (unpaired) electrons. The Morgan fingerprint density at radius 1 is 1.15 bits per heavy atom. The van der Waals surface area contributed by atoms with Crippen LogP contribution in [0, 0.1) is 6.92 Å². The Morgan fingerprint density at radius 3 is 2.75 bits per heavy atom. The molecule has 198 valence electrons. The summed E-state index contributed by atoms with van der Waals surface area (Å²) in [6.07, 6.45) is 7.17. The maximum atomic E-state index is 14.2. The zero-order valence-corrected chi connectivity index (χ0v) is 22.6. The van der Waals surface area contributed by atoms with Gasteiger partial charge in [0.2, 0.25) is 0 Å². The SMILES string of the molecule is Cc1nc(C=Cc2cccc3cc(C(C)NC(=O)c4c(N)[nH][n+]5cccnc45)n(-c4ccccc4)c(=O)c23)cs1. The fourth-order valence-electron chi connectivity index (χ4n) is 4.86. The standard InChI is InChI=1S/C30H25N7O2S/c1-18(33-29(38)26-27(31)35-36-15-7-14-32-28(26)36)24-16-21-9-6-8-20(12-13-22-17-40-19(2)34-22)25(21)30(39)37(24)23-10-4-3-5-11-23/h3-18H,1-2H3,(H3,31,33,35,38)/p+1. The number of para-hydroxylation sites is 1. The molecular formula is C30H26N7O2S+. The summed E-state index contributed by atoms with van der Waals surface area (Å²) in [5.41, 5.74) is 9.57. The van der Waals surface area contributed by atoms with Gasteiger partial charge in [-0.25, -0.2) is 10.1 Å². The minimum Gasteiger partial charge on any atom is -0.382 e. The van der Waals surface area contributed by atoms with Gasteiger partial charge >= 0.3 is 5.65 Å². The van der Waals surface area contributed by atoms with Crippen molar-refractivity contribution >= 4 is 51.6 Å². The van der Waals surface area contributed by atoms with E-state index in [1.54, 1.807) is 38.9 Å². The number of hydrogen-bond acceptors (Lipinski definition) is 6. The van der Waals surface area contributed by atoms with Gasteiger partial charge in [0.05, 0.1) is 22.1 Å². The topological polar surface area (TPSA) is 123 Å². The monoisotopic (exact) mass is 548 g/mol. The van der Waals surface area contributed by atoms with Gasteiger partial charge in [0.15, 0.2) is 11.4 Å². The quantitative estimate of drug-likeness (QED) is 0.265. The van der Waals surface area contributed by atoms with Crippen LogP contribution in [0.2, 0.25) is 0 Å². The van der Waals surface area contributed by atoms with Crippen LogP contribution >= 0.6 is 11.3 Å². The summed E-state index contributed by atoms with van der Waals surface area (Å²) in [6, 6.07) is 18.3. The van der Waals surface area contributed by atoms with E-state index in [-0.39, 0.29) is 16.9 Å². The highest BCUT2D eigenvalue weighted by Crippen LogP contribution is 2.25. The second kappa shape index (κ2) is 10.2. The molecule has 0 saturated heterocycles. The molecule has 0 fully saturated rings. The number of nitrogens with one attached hydrogen (secondary N) is 2. The second-order valence-corrected chi connectivity index (χ2v) is 10.5. The third-order valence-electron chi connectivity index (χ3n) is 6.69. The average molecular weight is 549 g/mol. The Morgan fingerprint density at radius 2 is 1.98 bits per heavy atom. The summed E-state index contributed by atoms with van der Waals surface area (Å²) >= 11 is 1.58. The molecule has 0 spiro atoms. The van der Waals surface area contributed by atoms with Gasteiger partial charge in [0, 0.05) is 22.8 Å². The number of aromatic nitrogens is 5. The lowest BCUT2D eigenvalue weighted by atomic mass is 10.0. The van der Waals surface area contributed by atoms with Crippen LogP contribution in [-0.4, -0.2) is 25.5 Å². The number of anilines is 1. The highest BCUT2D eigenvalue weighted by molar-refractivity contribution is 7.09. The van der Waals surface area contributed by atoms with E-state index >= 15 is 0 Å². The summed E-state index contributed by atoms with van der Waals surface area (Å²) in [5.74, 6) is -0.195. The average Bonchev–Trinajstić information content (AvgIpc) is 3.53. The third-order valence-corrected chi connectivity index (χ3v) is 7.48. The van der Waals surface area contributed by atoms with Crippen molar-refractivity contribution in [3.8, 4) is 5.69 Å². The summed E-state index contributed by atoms with van der Waals surface area (Å²) in [4.78, 5) is 36.4. The zero-order valence-electron chi connectivity index (χ0n) is 21.8. The molecular weight excluding hydrogens is 522 g/mol. The summed E-state index contributed by atoms with van der Waals surface area (Å²) in [5, 5.41) is 10.3. The fraction of sp³-hybridized carbons (Fsp3) is 0.100. The molecule has 1 amide bonds. The maximum Gasteiger partial charge on any atom is 0.362 e. The number of benzene rings is 2. The minimum absolute atomic E-state index is 0.182. The Hall–Kier alpha value is -5.09. The van der Waals surface area contributed by atoms with E-state index in [9.17, 15) is 9.59 Å². The van der Waals surface area contributed by atoms with Crippen molar-refractivity contribution in [1.29, 1.82) is 0 Å². The van der Waals surface area contributed by atoms with Crippen LogP contribution in [-0.2, 0) is 0 Å². The minimum atomic E-state index is -0.542. The molecule has 6 aromatic rings. The number of aryl methyl sites for hydroxylation is 1. The van der Waals surface area contributed by atoms with Crippen LogP contribution < -0.4 is 21.1 Å². The number of amides is 1. The van der Waals surface area contributed by atoms with Gasteiger partial charge in [-0.1, -0.05) is 42.5 Å². The number of pyridine rings is 1. The first-order valence-electron chi connectivity index (χ1n) is 12.7. The van der Waals surface area contributed by atoms with Gasteiger partial charge in [0.25, 0.3) is 11.5 Å². The van der Waals surface area contributed by atoms with Crippen LogP contribution in [0.3, 0.4) is 0 Å². The van der Waals surface area contributed by atoms with Crippen molar-refractivity contribution in [2.24, 2.45) is 0 Å². The van der Waals surface area contributed by atoms with Crippen LogP contribution in [0.25, 0.3) is 34.3 Å². The molecule has 0 aliphatic rings. The number of carbonyl (C=O) groups is 1. The Labute approximate surface area is 233 Å². The number of H-pyrrole nitrogens is 1. The van der Waals surface area contributed by atoms with Crippen LogP contribution in [0.5, 0.6) is 0 Å². The van der Waals surface area contributed by atoms with Crippen LogP contribution in [0.1, 0.15) is 45.3 Å². The Bertz CT molecular complexity index is 1970. The first-order chi connectivity index (χ1) is 19.4. The number of fused-ring (bicyclic) bond motifs is 2. The Kier molecular flexibility index (Phi) is 6.45. The van der Waals surface area contributed by atoms with E-state index in [0.29, 0.717) is 22.4 Å². The molecule has 4 heterocycles. The molecule has 2 aromatic carbocycles. The molecule has 40 heavy (non-hydrogen) atoms. The van der Waals surface area contributed by atoms with E-state index < -0.39 is 11.9 Å². The molecule has 0 bridgehead atoms. The molecule has 9 nitrogen and oxygen atoms in total. The second-order valence-electron chi connectivity index (χ2n) is 9.39. The number of rotatable bonds is 6. The van der Waals surface area contributed by atoms with E-state index in [1.165, 1.54) is 0 Å². The van der Waals surface area contributed by atoms with Crippen LogP contribution in [0.15, 0.2) is 83.2 Å². The highest BCUT2D eigenvalue weighted by Gasteiger charge is 2.27. The molecule has 4 aromatic heterocycles. The van der Waals surface area contributed by atoms with Gasteiger partial charge in [-0.3, -0.25) is 14.2 Å². The molecule has 1 atom stereocenters. The summed E-state index contributed by atoms with van der Waals surface area (Å²) in [6.45, 7) is 3.81. The van der Waals surface area contributed by atoms with Gasteiger partial charge < -0.3 is 11.1 Å².